The van der Waals surface area contributed by atoms with Gasteiger partial charge < -0.3 is 15.0 Å². The summed E-state index contributed by atoms with van der Waals surface area (Å²) in [6, 6.07) is 8.29. The van der Waals surface area contributed by atoms with E-state index in [9.17, 15) is 4.79 Å². The first-order valence-electron chi connectivity index (χ1n) is 9.33. The molecule has 5 heteroatoms. The molecule has 25 heavy (non-hydrogen) atoms. The maximum absolute atomic E-state index is 12.9. The van der Waals surface area contributed by atoms with Crippen LogP contribution in [-0.2, 0) is 4.79 Å². The van der Waals surface area contributed by atoms with Crippen molar-refractivity contribution in [1.29, 1.82) is 0 Å². The van der Waals surface area contributed by atoms with Gasteiger partial charge in [0.25, 0.3) is 0 Å². The quantitative estimate of drug-likeness (QED) is 0.861. The van der Waals surface area contributed by atoms with Gasteiger partial charge in [-0.1, -0.05) is 25.1 Å². The Hall–Kier alpha value is -1.26. The van der Waals surface area contributed by atoms with Crippen LogP contribution in [0.15, 0.2) is 24.3 Å². The van der Waals surface area contributed by atoms with Gasteiger partial charge in [-0.25, -0.2) is 0 Å². The van der Waals surface area contributed by atoms with E-state index >= 15 is 0 Å². The Morgan fingerprint density at radius 3 is 2.84 bits per heavy atom. The normalized spacial score (nSPS) is 24.5. The van der Waals surface area contributed by atoms with E-state index in [1.54, 1.807) is 7.11 Å². The first-order valence-corrected chi connectivity index (χ1v) is 9.33. The van der Waals surface area contributed by atoms with Gasteiger partial charge >= 0.3 is 0 Å². The van der Waals surface area contributed by atoms with Crippen molar-refractivity contribution in [3.8, 4) is 5.75 Å². The molecule has 0 saturated carbocycles. The molecule has 140 valence electrons. The Labute approximate surface area is 157 Å². The summed E-state index contributed by atoms with van der Waals surface area (Å²) in [4.78, 5) is 15.0. The summed E-state index contributed by atoms with van der Waals surface area (Å²) in [5.74, 6) is 2.28. The molecule has 1 N–H and O–H groups in total. The predicted octanol–water partition coefficient (Wildman–Crippen LogP) is 3.81. The average molecular weight is 367 g/mol. The molecule has 2 heterocycles. The number of hydrogen-bond acceptors (Lipinski definition) is 3. The van der Waals surface area contributed by atoms with Crippen molar-refractivity contribution in [2.24, 2.45) is 11.8 Å². The highest BCUT2D eigenvalue weighted by Gasteiger charge is 2.33. The third-order valence-corrected chi connectivity index (χ3v) is 5.71. The fraction of sp³-hybridized carbons (Fsp3) is 0.650. The number of halogens is 1. The van der Waals surface area contributed by atoms with Crippen LogP contribution in [0.1, 0.15) is 50.6 Å². The topological polar surface area (TPSA) is 41.6 Å². The first-order chi connectivity index (χ1) is 11.7. The van der Waals surface area contributed by atoms with E-state index in [0.717, 1.165) is 43.8 Å². The Kier molecular flexibility index (Phi) is 7.57. The summed E-state index contributed by atoms with van der Waals surface area (Å²) in [5, 5.41) is 3.47. The Morgan fingerprint density at radius 1 is 1.32 bits per heavy atom. The van der Waals surface area contributed by atoms with Crippen molar-refractivity contribution in [2.45, 2.75) is 45.1 Å². The molecule has 0 spiro atoms. The number of benzene rings is 1. The van der Waals surface area contributed by atoms with E-state index in [2.05, 4.69) is 23.2 Å². The predicted molar refractivity (Wildman–Crippen MR) is 103 cm³/mol. The van der Waals surface area contributed by atoms with Gasteiger partial charge in [-0.15, -0.1) is 12.4 Å². The lowest BCUT2D eigenvalue weighted by molar-refractivity contribution is -0.133. The Morgan fingerprint density at radius 2 is 2.12 bits per heavy atom. The minimum Gasteiger partial charge on any atom is -0.496 e. The number of piperidine rings is 1. The zero-order valence-corrected chi connectivity index (χ0v) is 16.2. The number of likely N-dealkylation sites (tertiary alicyclic amines) is 1. The van der Waals surface area contributed by atoms with Crippen molar-refractivity contribution >= 4 is 18.3 Å². The van der Waals surface area contributed by atoms with Gasteiger partial charge in [0.05, 0.1) is 13.2 Å². The summed E-state index contributed by atoms with van der Waals surface area (Å²) in [7, 11) is 1.71. The van der Waals surface area contributed by atoms with E-state index in [4.69, 9.17) is 4.74 Å². The van der Waals surface area contributed by atoms with E-state index in [1.165, 1.54) is 12.8 Å². The molecule has 0 radical (unpaired) electrons. The molecule has 0 aromatic heterocycles. The minimum absolute atomic E-state index is 0. The van der Waals surface area contributed by atoms with Crippen LogP contribution in [0, 0.1) is 11.8 Å². The lowest BCUT2D eigenvalue weighted by atomic mass is 9.85. The molecule has 3 rings (SSSR count). The SMILES string of the molecule is COc1ccccc1C1CCCN1C(=O)CC(C)C1CCCNC1.Cl. The van der Waals surface area contributed by atoms with Gasteiger partial charge in [0, 0.05) is 18.5 Å². The van der Waals surface area contributed by atoms with E-state index in [0.29, 0.717) is 24.2 Å². The van der Waals surface area contributed by atoms with Crippen LogP contribution >= 0.6 is 12.4 Å². The van der Waals surface area contributed by atoms with E-state index in [1.807, 2.05) is 18.2 Å². The molecule has 0 aliphatic carbocycles. The fourth-order valence-electron chi connectivity index (χ4n) is 4.25. The van der Waals surface area contributed by atoms with Crippen molar-refractivity contribution in [1.82, 2.24) is 10.2 Å². The van der Waals surface area contributed by atoms with Crippen LogP contribution in [0.3, 0.4) is 0 Å². The first kappa shape index (κ1) is 20.1. The van der Waals surface area contributed by atoms with Gasteiger partial charge in [-0.05, 0) is 56.7 Å². The molecule has 2 fully saturated rings. The maximum atomic E-state index is 12.9. The highest BCUT2D eigenvalue weighted by atomic mass is 35.5. The van der Waals surface area contributed by atoms with Gasteiger partial charge in [-0.2, -0.15) is 0 Å². The van der Waals surface area contributed by atoms with E-state index in [-0.39, 0.29) is 18.4 Å². The molecule has 3 atom stereocenters. The third kappa shape index (κ3) is 4.68. The largest absolute Gasteiger partial charge is 0.496 e. The Bertz CT molecular complexity index is 560. The van der Waals surface area contributed by atoms with Gasteiger partial charge in [0.2, 0.25) is 5.91 Å². The molecule has 2 saturated heterocycles. The molecule has 3 unspecified atom stereocenters. The number of carbonyl (C=O) groups is 1. The smallest absolute Gasteiger partial charge is 0.223 e. The lowest BCUT2D eigenvalue weighted by Crippen LogP contribution is -2.37. The van der Waals surface area contributed by atoms with Crippen molar-refractivity contribution in [3.05, 3.63) is 29.8 Å². The standard InChI is InChI=1S/C20H30N2O2.ClH/c1-15(16-7-5-11-21-14-16)13-20(23)22-12-6-9-18(22)17-8-3-4-10-19(17)24-2;/h3-4,8,10,15-16,18,21H,5-7,9,11-14H2,1-2H3;1H. The number of rotatable bonds is 5. The van der Waals surface area contributed by atoms with Crippen molar-refractivity contribution in [2.75, 3.05) is 26.7 Å². The Balaban J connectivity index is 0.00000225. The summed E-state index contributed by atoms with van der Waals surface area (Å²) >= 11 is 0. The van der Waals surface area contributed by atoms with Crippen LogP contribution in [0.5, 0.6) is 5.75 Å². The number of carbonyl (C=O) groups excluding carboxylic acids is 1. The van der Waals surface area contributed by atoms with E-state index < -0.39 is 0 Å². The summed E-state index contributed by atoms with van der Waals surface area (Å²) in [6.45, 7) is 5.30. The van der Waals surface area contributed by atoms with Gasteiger partial charge in [0.1, 0.15) is 5.75 Å². The second-order valence-corrected chi connectivity index (χ2v) is 7.27. The van der Waals surface area contributed by atoms with Crippen LogP contribution in [0.4, 0.5) is 0 Å². The summed E-state index contributed by atoms with van der Waals surface area (Å²) < 4.78 is 5.52. The molecule has 1 aromatic carbocycles. The van der Waals surface area contributed by atoms with Crippen LogP contribution in [0.2, 0.25) is 0 Å². The number of methoxy groups -OCH3 is 1. The molecule has 2 aliphatic heterocycles. The average Bonchev–Trinajstić information content (AvgIpc) is 3.12. The van der Waals surface area contributed by atoms with Crippen LogP contribution in [-0.4, -0.2) is 37.6 Å². The summed E-state index contributed by atoms with van der Waals surface area (Å²) in [6.07, 6.45) is 5.26. The molecule has 1 aromatic rings. The highest BCUT2D eigenvalue weighted by molar-refractivity contribution is 5.85. The molecule has 4 nitrogen and oxygen atoms in total. The highest BCUT2D eigenvalue weighted by Crippen LogP contribution is 2.38. The number of ether oxygens (including phenoxy) is 1. The van der Waals surface area contributed by atoms with Crippen molar-refractivity contribution < 1.29 is 9.53 Å². The number of amides is 1. The monoisotopic (exact) mass is 366 g/mol. The second-order valence-electron chi connectivity index (χ2n) is 7.27. The molecular formula is C20H31ClN2O2. The summed E-state index contributed by atoms with van der Waals surface area (Å²) in [5.41, 5.74) is 1.15. The van der Waals surface area contributed by atoms with Crippen LogP contribution in [0.25, 0.3) is 0 Å². The lowest BCUT2D eigenvalue weighted by Gasteiger charge is -2.31. The number of nitrogens with zero attached hydrogens (tertiary/aromatic N) is 1. The zero-order valence-electron chi connectivity index (χ0n) is 15.4. The number of para-hydroxylation sites is 1. The van der Waals surface area contributed by atoms with Crippen molar-refractivity contribution in [3.63, 3.8) is 0 Å². The third-order valence-electron chi connectivity index (χ3n) is 5.71. The molecule has 1 amide bonds. The minimum atomic E-state index is 0. The number of hydrogen-bond donors (Lipinski definition) is 1. The van der Waals surface area contributed by atoms with Gasteiger partial charge in [-0.3, -0.25) is 4.79 Å². The number of nitrogens with one attached hydrogen (secondary N) is 1. The molecular weight excluding hydrogens is 336 g/mol. The van der Waals surface area contributed by atoms with Crippen LogP contribution < -0.4 is 10.1 Å². The van der Waals surface area contributed by atoms with Gasteiger partial charge in [0.15, 0.2) is 0 Å². The maximum Gasteiger partial charge on any atom is 0.223 e. The second kappa shape index (κ2) is 9.44. The zero-order chi connectivity index (χ0) is 16.9. The molecule has 0 bridgehead atoms. The molecule has 2 aliphatic rings. The fourth-order valence-corrected chi connectivity index (χ4v) is 4.25.